The van der Waals surface area contributed by atoms with Gasteiger partial charge in [0.1, 0.15) is 5.54 Å². The molecule has 0 aliphatic heterocycles. The first-order chi connectivity index (χ1) is 17.0. The minimum absolute atomic E-state index is 0.149. The lowest BCUT2D eigenvalue weighted by Gasteiger charge is -2.37. The number of anilines is 1. The molecule has 0 radical (unpaired) electrons. The van der Waals surface area contributed by atoms with Crippen LogP contribution in [0, 0.1) is 0 Å². The standard InChI is InChI=1S/C27H30N5O2S/c1-4-34-25(33)24-20-23(19-21(2)27(24,3)30-29-26-28-13-18-35-26)32(22-11-7-5-8-12-22)17-16-31-14-9-6-10-15-31/h5-15,18-20,23H,4,16-17H2,1-3H3/q+1/b30-29+. The van der Waals surface area contributed by atoms with Crippen LogP contribution in [0.4, 0.5) is 10.8 Å². The molecule has 2 unspecified atom stereocenters. The van der Waals surface area contributed by atoms with Crippen molar-refractivity contribution in [3.8, 4) is 0 Å². The molecule has 2 atom stereocenters. The Kier molecular flexibility index (Phi) is 7.82. The van der Waals surface area contributed by atoms with E-state index in [0.717, 1.165) is 24.4 Å². The molecule has 2 aromatic heterocycles. The molecular formula is C27H30N5O2S+. The zero-order valence-electron chi connectivity index (χ0n) is 20.2. The molecule has 3 aromatic rings. The van der Waals surface area contributed by atoms with Gasteiger partial charge >= 0.3 is 5.97 Å². The van der Waals surface area contributed by atoms with Crippen molar-refractivity contribution in [3.05, 3.63) is 95.8 Å². The summed E-state index contributed by atoms with van der Waals surface area (Å²) in [5.74, 6) is -0.379. The summed E-state index contributed by atoms with van der Waals surface area (Å²) < 4.78 is 7.60. The molecule has 0 fully saturated rings. The second-order valence-electron chi connectivity index (χ2n) is 8.37. The maximum Gasteiger partial charge on any atom is 0.336 e. The highest BCUT2D eigenvalue weighted by atomic mass is 32.1. The monoisotopic (exact) mass is 488 g/mol. The van der Waals surface area contributed by atoms with E-state index in [1.165, 1.54) is 11.3 Å². The lowest BCUT2D eigenvalue weighted by atomic mass is 9.79. The molecule has 0 amide bonds. The number of esters is 1. The van der Waals surface area contributed by atoms with E-state index in [1.807, 2.05) is 68.6 Å². The van der Waals surface area contributed by atoms with Crippen molar-refractivity contribution in [2.75, 3.05) is 18.1 Å². The van der Waals surface area contributed by atoms with Crippen LogP contribution >= 0.6 is 11.3 Å². The average molecular weight is 489 g/mol. The minimum Gasteiger partial charge on any atom is -0.463 e. The number of pyridine rings is 1. The van der Waals surface area contributed by atoms with Gasteiger partial charge in [-0.25, -0.2) is 14.3 Å². The number of nitrogens with zero attached hydrogens (tertiary/aromatic N) is 5. The van der Waals surface area contributed by atoms with Crippen LogP contribution in [0.5, 0.6) is 0 Å². The maximum absolute atomic E-state index is 13.1. The number of hydrogen-bond donors (Lipinski definition) is 0. The van der Waals surface area contributed by atoms with E-state index in [-0.39, 0.29) is 18.6 Å². The van der Waals surface area contributed by atoms with Crippen molar-refractivity contribution in [2.45, 2.75) is 38.9 Å². The summed E-state index contributed by atoms with van der Waals surface area (Å²) in [5, 5.41) is 11.3. The largest absolute Gasteiger partial charge is 0.463 e. The molecule has 0 saturated carbocycles. The summed E-state index contributed by atoms with van der Waals surface area (Å²) in [5.41, 5.74) is 1.55. The molecule has 0 bridgehead atoms. The highest BCUT2D eigenvalue weighted by Gasteiger charge is 2.41. The molecule has 7 nitrogen and oxygen atoms in total. The van der Waals surface area contributed by atoms with Crippen LogP contribution in [0.25, 0.3) is 0 Å². The van der Waals surface area contributed by atoms with Crippen molar-refractivity contribution in [1.82, 2.24) is 4.98 Å². The minimum atomic E-state index is -0.940. The smallest absolute Gasteiger partial charge is 0.336 e. The summed E-state index contributed by atoms with van der Waals surface area (Å²) in [6.45, 7) is 7.54. The second kappa shape index (κ2) is 11.2. The van der Waals surface area contributed by atoms with E-state index in [4.69, 9.17) is 4.74 Å². The van der Waals surface area contributed by atoms with Gasteiger partial charge in [0, 0.05) is 29.4 Å². The van der Waals surface area contributed by atoms with Gasteiger partial charge in [-0.2, -0.15) is 5.11 Å². The molecule has 1 aliphatic rings. The predicted octanol–water partition coefficient (Wildman–Crippen LogP) is 5.30. The Morgan fingerprint density at radius 2 is 1.91 bits per heavy atom. The topological polar surface area (TPSA) is 71.0 Å². The first kappa shape index (κ1) is 24.5. The van der Waals surface area contributed by atoms with Crippen molar-refractivity contribution in [3.63, 3.8) is 0 Å². The van der Waals surface area contributed by atoms with Crippen LogP contribution < -0.4 is 9.47 Å². The van der Waals surface area contributed by atoms with Gasteiger partial charge in [-0.1, -0.05) is 30.3 Å². The van der Waals surface area contributed by atoms with Crippen LogP contribution in [-0.2, 0) is 16.1 Å². The number of carbonyl (C=O) groups excluding carboxylic acids is 1. The summed E-state index contributed by atoms with van der Waals surface area (Å²) in [4.78, 5) is 19.6. The van der Waals surface area contributed by atoms with Gasteiger partial charge in [-0.05, 0) is 44.6 Å². The molecule has 0 saturated heterocycles. The Bertz CT molecular complexity index is 1210. The normalized spacial score (nSPS) is 19.8. The van der Waals surface area contributed by atoms with Crippen molar-refractivity contribution in [2.24, 2.45) is 10.2 Å². The van der Waals surface area contributed by atoms with Crippen molar-refractivity contribution >= 4 is 28.1 Å². The summed E-state index contributed by atoms with van der Waals surface area (Å²) in [7, 11) is 0. The van der Waals surface area contributed by atoms with Crippen LogP contribution in [0.1, 0.15) is 20.8 Å². The number of rotatable bonds is 9. The quantitative estimate of drug-likeness (QED) is 0.177. The molecular weight excluding hydrogens is 458 g/mol. The number of aromatic nitrogens is 2. The van der Waals surface area contributed by atoms with Gasteiger partial charge in [0.15, 0.2) is 18.9 Å². The van der Waals surface area contributed by atoms with Crippen molar-refractivity contribution in [1.29, 1.82) is 0 Å². The number of carbonyl (C=O) groups is 1. The fraction of sp³-hybridized carbons (Fsp3) is 0.296. The third-order valence-corrected chi connectivity index (χ3v) is 6.78. The number of benzene rings is 1. The van der Waals surface area contributed by atoms with E-state index >= 15 is 0 Å². The van der Waals surface area contributed by atoms with E-state index in [9.17, 15) is 4.79 Å². The van der Waals surface area contributed by atoms with Gasteiger partial charge in [-0.3, -0.25) is 0 Å². The molecule has 1 aromatic carbocycles. The molecule has 180 valence electrons. The number of para-hydroxylation sites is 1. The fourth-order valence-electron chi connectivity index (χ4n) is 4.08. The summed E-state index contributed by atoms with van der Waals surface area (Å²) >= 11 is 1.40. The second-order valence-corrected chi connectivity index (χ2v) is 9.24. The van der Waals surface area contributed by atoms with Crippen LogP contribution in [-0.4, -0.2) is 35.7 Å². The Balaban J connectivity index is 1.71. The highest BCUT2D eigenvalue weighted by molar-refractivity contribution is 7.13. The molecule has 0 spiro atoms. The van der Waals surface area contributed by atoms with Gasteiger partial charge < -0.3 is 9.64 Å². The number of hydrogen-bond acceptors (Lipinski definition) is 7. The molecule has 0 N–H and O–H groups in total. The Morgan fingerprint density at radius 3 is 2.60 bits per heavy atom. The SMILES string of the molecule is CCOC(=O)C1=CC(N(CC[n+]2ccccc2)c2ccccc2)C=C(C)C1(C)/N=N/c1nccs1. The van der Waals surface area contributed by atoms with Gasteiger partial charge in [0.25, 0.3) is 0 Å². The van der Waals surface area contributed by atoms with Crippen molar-refractivity contribution < 1.29 is 14.1 Å². The van der Waals surface area contributed by atoms with E-state index in [2.05, 4.69) is 55.3 Å². The zero-order chi connectivity index (χ0) is 24.7. The maximum atomic E-state index is 13.1. The molecule has 8 heteroatoms. The molecule has 35 heavy (non-hydrogen) atoms. The van der Waals surface area contributed by atoms with Crippen LogP contribution in [0.3, 0.4) is 0 Å². The number of ether oxygens (including phenoxy) is 1. The predicted molar refractivity (Wildman–Crippen MR) is 138 cm³/mol. The average Bonchev–Trinajstić information content (AvgIpc) is 3.40. The van der Waals surface area contributed by atoms with E-state index in [1.54, 1.807) is 6.20 Å². The zero-order valence-corrected chi connectivity index (χ0v) is 21.1. The third kappa shape index (κ3) is 5.71. The van der Waals surface area contributed by atoms with E-state index in [0.29, 0.717) is 10.7 Å². The number of thiazole rings is 1. The van der Waals surface area contributed by atoms with Gasteiger partial charge in [0.05, 0.1) is 24.8 Å². The van der Waals surface area contributed by atoms with Gasteiger partial charge in [0.2, 0.25) is 5.13 Å². The molecule has 2 heterocycles. The number of azo groups is 1. The third-order valence-electron chi connectivity index (χ3n) is 6.12. The first-order valence-electron chi connectivity index (χ1n) is 11.7. The van der Waals surface area contributed by atoms with Crippen LogP contribution in [0.15, 0.2) is 106 Å². The lowest BCUT2D eigenvalue weighted by Crippen LogP contribution is -2.46. The Morgan fingerprint density at radius 1 is 1.17 bits per heavy atom. The van der Waals surface area contributed by atoms with Crippen LogP contribution in [0.2, 0.25) is 0 Å². The van der Waals surface area contributed by atoms with E-state index < -0.39 is 5.54 Å². The summed E-state index contributed by atoms with van der Waals surface area (Å²) in [6.07, 6.45) is 9.93. The fourth-order valence-corrected chi connectivity index (χ4v) is 4.54. The molecule has 4 rings (SSSR count). The first-order valence-corrected chi connectivity index (χ1v) is 12.6. The summed E-state index contributed by atoms with van der Waals surface area (Å²) in [6, 6.07) is 16.1. The highest BCUT2D eigenvalue weighted by Crippen LogP contribution is 2.38. The Hall–Kier alpha value is -3.65. The molecule has 1 aliphatic carbocycles. The lowest BCUT2D eigenvalue weighted by molar-refractivity contribution is -0.694. The Labute approximate surface area is 210 Å². The van der Waals surface area contributed by atoms with Gasteiger partial charge in [-0.15, -0.1) is 16.5 Å².